The van der Waals surface area contributed by atoms with Crippen LogP contribution in [0.5, 0.6) is 11.5 Å². The lowest BCUT2D eigenvalue weighted by molar-refractivity contribution is 0.210. The molecule has 2 aromatic rings. The van der Waals surface area contributed by atoms with E-state index in [9.17, 15) is 5.11 Å². The highest BCUT2D eigenvalue weighted by atomic mass is 16.5. The molecule has 2 heterocycles. The molecule has 2 N–H and O–H groups in total. The SMILES string of the molecule is COCCNc1ncc(-c2ccc(O)cc2)c2c1OCC2. The van der Waals surface area contributed by atoms with Crippen molar-refractivity contribution >= 4 is 5.82 Å². The Balaban J connectivity index is 1.93. The quantitative estimate of drug-likeness (QED) is 0.827. The number of aromatic hydroxyl groups is 1. The number of nitrogens with one attached hydrogen (secondary N) is 1. The van der Waals surface area contributed by atoms with E-state index in [0.717, 1.165) is 34.7 Å². The van der Waals surface area contributed by atoms with E-state index in [1.807, 2.05) is 18.3 Å². The highest BCUT2D eigenvalue weighted by molar-refractivity contribution is 5.74. The molecule has 5 nitrogen and oxygen atoms in total. The smallest absolute Gasteiger partial charge is 0.169 e. The first-order valence-corrected chi connectivity index (χ1v) is 6.96. The van der Waals surface area contributed by atoms with Crippen molar-refractivity contribution in [2.45, 2.75) is 6.42 Å². The summed E-state index contributed by atoms with van der Waals surface area (Å²) in [7, 11) is 1.67. The monoisotopic (exact) mass is 286 g/mol. The number of aromatic nitrogens is 1. The predicted octanol–water partition coefficient (Wildman–Crippen LogP) is 2.45. The summed E-state index contributed by atoms with van der Waals surface area (Å²) in [5.41, 5.74) is 3.25. The molecule has 0 aliphatic carbocycles. The Hall–Kier alpha value is -2.27. The lowest BCUT2D eigenvalue weighted by Crippen LogP contribution is -2.09. The van der Waals surface area contributed by atoms with Gasteiger partial charge in [-0.05, 0) is 17.7 Å². The summed E-state index contributed by atoms with van der Waals surface area (Å²) >= 11 is 0. The van der Waals surface area contributed by atoms with Gasteiger partial charge in [0, 0.05) is 37.4 Å². The Morgan fingerprint density at radius 2 is 2.14 bits per heavy atom. The van der Waals surface area contributed by atoms with Crippen molar-refractivity contribution in [3.8, 4) is 22.6 Å². The number of ether oxygens (including phenoxy) is 2. The number of methoxy groups -OCH3 is 1. The molecule has 3 rings (SSSR count). The first-order chi connectivity index (χ1) is 10.3. The second-order valence-electron chi connectivity index (χ2n) is 4.89. The summed E-state index contributed by atoms with van der Waals surface area (Å²) in [6.07, 6.45) is 2.72. The fraction of sp³-hybridized carbons (Fsp3) is 0.312. The van der Waals surface area contributed by atoms with Crippen LogP contribution in [0.3, 0.4) is 0 Å². The minimum atomic E-state index is 0.262. The molecule has 0 saturated carbocycles. The Kier molecular flexibility index (Phi) is 3.92. The number of anilines is 1. The second-order valence-corrected chi connectivity index (χ2v) is 4.89. The maximum Gasteiger partial charge on any atom is 0.169 e. The third-order valence-electron chi connectivity index (χ3n) is 3.51. The van der Waals surface area contributed by atoms with Crippen LogP contribution in [0.25, 0.3) is 11.1 Å². The summed E-state index contributed by atoms with van der Waals surface area (Å²) in [5, 5.41) is 12.6. The van der Waals surface area contributed by atoms with Crippen LogP contribution in [0.1, 0.15) is 5.56 Å². The fourth-order valence-corrected chi connectivity index (χ4v) is 2.48. The topological polar surface area (TPSA) is 63.6 Å². The fourth-order valence-electron chi connectivity index (χ4n) is 2.48. The van der Waals surface area contributed by atoms with Crippen LogP contribution >= 0.6 is 0 Å². The number of phenolic OH excluding ortho intramolecular Hbond substituents is 1. The molecule has 1 aromatic carbocycles. The number of nitrogens with zero attached hydrogens (tertiary/aromatic N) is 1. The van der Waals surface area contributed by atoms with Crippen LogP contribution in [-0.2, 0) is 11.2 Å². The Labute approximate surface area is 123 Å². The Morgan fingerprint density at radius 3 is 2.90 bits per heavy atom. The Bertz CT molecular complexity index is 626. The van der Waals surface area contributed by atoms with E-state index in [1.54, 1.807) is 19.2 Å². The van der Waals surface area contributed by atoms with Gasteiger partial charge < -0.3 is 19.9 Å². The van der Waals surface area contributed by atoms with Crippen LogP contribution in [0, 0.1) is 0 Å². The van der Waals surface area contributed by atoms with E-state index in [4.69, 9.17) is 9.47 Å². The van der Waals surface area contributed by atoms with Crippen molar-refractivity contribution in [3.63, 3.8) is 0 Å². The van der Waals surface area contributed by atoms with Crippen LogP contribution in [-0.4, -0.2) is 37.0 Å². The molecule has 110 valence electrons. The molecule has 1 aliphatic heterocycles. The number of phenols is 1. The second kappa shape index (κ2) is 6.01. The van der Waals surface area contributed by atoms with Crippen molar-refractivity contribution in [2.24, 2.45) is 0 Å². The molecule has 5 heteroatoms. The lowest BCUT2D eigenvalue weighted by Gasteiger charge is -2.12. The number of benzene rings is 1. The summed E-state index contributed by atoms with van der Waals surface area (Å²) in [4.78, 5) is 4.47. The van der Waals surface area contributed by atoms with Gasteiger partial charge >= 0.3 is 0 Å². The number of hydrogen-bond donors (Lipinski definition) is 2. The zero-order valence-electron chi connectivity index (χ0n) is 11.9. The number of hydrogen-bond acceptors (Lipinski definition) is 5. The highest BCUT2D eigenvalue weighted by Gasteiger charge is 2.22. The van der Waals surface area contributed by atoms with E-state index in [2.05, 4.69) is 10.3 Å². The molecule has 0 bridgehead atoms. The van der Waals surface area contributed by atoms with E-state index in [-0.39, 0.29) is 5.75 Å². The molecule has 0 spiro atoms. The van der Waals surface area contributed by atoms with Crippen molar-refractivity contribution in [3.05, 3.63) is 36.0 Å². The first-order valence-electron chi connectivity index (χ1n) is 6.96. The largest absolute Gasteiger partial charge is 0.508 e. The average Bonchev–Trinajstić information content (AvgIpc) is 2.98. The lowest BCUT2D eigenvalue weighted by atomic mass is 10.00. The van der Waals surface area contributed by atoms with Crippen LogP contribution in [0.4, 0.5) is 5.82 Å². The molecular weight excluding hydrogens is 268 g/mol. The molecule has 0 atom stereocenters. The number of pyridine rings is 1. The zero-order valence-corrected chi connectivity index (χ0v) is 11.9. The molecule has 21 heavy (non-hydrogen) atoms. The van der Waals surface area contributed by atoms with E-state index < -0.39 is 0 Å². The summed E-state index contributed by atoms with van der Waals surface area (Å²) in [6.45, 7) is 1.99. The van der Waals surface area contributed by atoms with Crippen LogP contribution < -0.4 is 10.1 Å². The van der Waals surface area contributed by atoms with Crippen molar-refractivity contribution in [2.75, 3.05) is 32.2 Å². The molecular formula is C16H18N2O3. The molecule has 0 saturated heterocycles. The van der Waals surface area contributed by atoms with E-state index >= 15 is 0 Å². The molecule has 0 radical (unpaired) electrons. The zero-order chi connectivity index (χ0) is 14.7. The van der Waals surface area contributed by atoms with Gasteiger partial charge in [-0.3, -0.25) is 0 Å². The van der Waals surface area contributed by atoms with Gasteiger partial charge in [-0.1, -0.05) is 12.1 Å². The van der Waals surface area contributed by atoms with Gasteiger partial charge in [-0.2, -0.15) is 0 Å². The molecule has 1 aliphatic rings. The summed E-state index contributed by atoms with van der Waals surface area (Å²) in [6, 6.07) is 7.15. The van der Waals surface area contributed by atoms with Gasteiger partial charge in [-0.25, -0.2) is 4.98 Å². The van der Waals surface area contributed by atoms with Gasteiger partial charge in [0.2, 0.25) is 0 Å². The minimum absolute atomic E-state index is 0.262. The van der Waals surface area contributed by atoms with Crippen LogP contribution in [0.2, 0.25) is 0 Å². The normalized spacial score (nSPS) is 12.8. The highest BCUT2D eigenvalue weighted by Crippen LogP contribution is 2.39. The van der Waals surface area contributed by atoms with E-state index in [0.29, 0.717) is 19.8 Å². The van der Waals surface area contributed by atoms with E-state index in [1.165, 1.54) is 0 Å². The van der Waals surface area contributed by atoms with Gasteiger partial charge in [0.25, 0.3) is 0 Å². The number of fused-ring (bicyclic) bond motifs is 1. The van der Waals surface area contributed by atoms with Crippen molar-refractivity contribution in [1.29, 1.82) is 0 Å². The van der Waals surface area contributed by atoms with Gasteiger partial charge in [0.05, 0.1) is 13.2 Å². The van der Waals surface area contributed by atoms with Crippen molar-refractivity contribution < 1.29 is 14.6 Å². The van der Waals surface area contributed by atoms with Crippen LogP contribution in [0.15, 0.2) is 30.5 Å². The third kappa shape index (κ3) is 2.78. The molecule has 0 fully saturated rings. The standard InChI is InChI=1S/C16H18N2O3/c1-20-9-7-17-16-15-13(6-8-21-15)14(10-18-16)11-2-4-12(19)5-3-11/h2-5,10,19H,6-9H2,1H3,(H,17,18). The molecule has 0 amide bonds. The summed E-state index contributed by atoms with van der Waals surface area (Å²) in [5.74, 6) is 1.86. The van der Waals surface area contributed by atoms with Gasteiger partial charge in [-0.15, -0.1) is 0 Å². The minimum Gasteiger partial charge on any atom is -0.508 e. The Morgan fingerprint density at radius 1 is 1.33 bits per heavy atom. The number of rotatable bonds is 5. The van der Waals surface area contributed by atoms with Crippen molar-refractivity contribution in [1.82, 2.24) is 4.98 Å². The summed E-state index contributed by atoms with van der Waals surface area (Å²) < 4.78 is 10.8. The molecule has 0 unspecified atom stereocenters. The first kappa shape index (κ1) is 13.7. The van der Waals surface area contributed by atoms with Gasteiger partial charge in [0.15, 0.2) is 11.6 Å². The molecule has 1 aromatic heterocycles. The average molecular weight is 286 g/mol. The predicted molar refractivity (Wildman–Crippen MR) is 80.9 cm³/mol. The third-order valence-corrected chi connectivity index (χ3v) is 3.51. The maximum atomic E-state index is 9.40. The maximum absolute atomic E-state index is 9.40. The van der Waals surface area contributed by atoms with Gasteiger partial charge in [0.1, 0.15) is 5.75 Å².